The Morgan fingerprint density at radius 3 is 2.52 bits per heavy atom. The molecule has 0 amide bonds. The zero-order valence-electron chi connectivity index (χ0n) is 14.8. The van der Waals surface area contributed by atoms with E-state index in [1.807, 2.05) is 7.05 Å². The van der Waals surface area contributed by atoms with Crippen molar-refractivity contribution in [2.45, 2.75) is 25.7 Å². The number of ether oxygens (including phenoxy) is 1. The van der Waals surface area contributed by atoms with Crippen LogP contribution in [0.5, 0.6) is 5.75 Å². The smallest absolute Gasteiger partial charge is 0.127 e. The molecule has 1 aliphatic rings. The van der Waals surface area contributed by atoms with Crippen molar-refractivity contribution < 1.29 is 4.74 Å². The fraction of sp³-hybridized carbons (Fsp3) is 0.304. The summed E-state index contributed by atoms with van der Waals surface area (Å²) in [7, 11) is 1.95. The summed E-state index contributed by atoms with van der Waals surface area (Å²) in [6.45, 7) is 0.843. The van der Waals surface area contributed by atoms with Crippen LogP contribution >= 0.6 is 0 Å². The molecule has 25 heavy (non-hydrogen) atoms. The number of fused-ring (bicyclic) bond motifs is 1. The fourth-order valence-corrected chi connectivity index (χ4v) is 3.78. The summed E-state index contributed by atoms with van der Waals surface area (Å²) in [6.07, 6.45) is 5.34. The molecule has 0 saturated heterocycles. The van der Waals surface area contributed by atoms with E-state index in [0.717, 1.165) is 24.0 Å². The van der Waals surface area contributed by atoms with E-state index in [1.54, 1.807) is 0 Å². The first-order valence-corrected chi connectivity index (χ1v) is 9.27. The number of hydrogen-bond acceptors (Lipinski definition) is 2. The maximum Gasteiger partial charge on any atom is 0.127 e. The molecule has 1 fully saturated rings. The molecular formula is C23H25NO. The van der Waals surface area contributed by atoms with Crippen molar-refractivity contribution in [3.8, 4) is 16.9 Å². The molecule has 1 N–H and O–H groups in total. The highest BCUT2D eigenvalue weighted by atomic mass is 16.5. The van der Waals surface area contributed by atoms with Gasteiger partial charge in [-0.3, -0.25) is 0 Å². The lowest BCUT2D eigenvalue weighted by molar-refractivity contribution is 0.253. The maximum absolute atomic E-state index is 6.21. The van der Waals surface area contributed by atoms with Crippen LogP contribution in [0.25, 0.3) is 21.9 Å². The Morgan fingerprint density at radius 2 is 1.68 bits per heavy atom. The van der Waals surface area contributed by atoms with Gasteiger partial charge in [0.2, 0.25) is 0 Å². The topological polar surface area (TPSA) is 21.3 Å². The van der Waals surface area contributed by atoms with E-state index in [1.165, 1.54) is 47.6 Å². The molecule has 1 saturated carbocycles. The SMILES string of the molecule is CNc1ccc2cc(-c3ccccc3OCC3CCCC3)ccc2c1. The van der Waals surface area contributed by atoms with Crippen LogP contribution in [0.2, 0.25) is 0 Å². The van der Waals surface area contributed by atoms with Crippen LogP contribution in [0, 0.1) is 5.92 Å². The van der Waals surface area contributed by atoms with Crippen molar-refractivity contribution in [1.82, 2.24) is 0 Å². The number of anilines is 1. The van der Waals surface area contributed by atoms with E-state index in [0.29, 0.717) is 0 Å². The van der Waals surface area contributed by atoms with Gasteiger partial charge in [0.15, 0.2) is 0 Å². The number of nitrogens with one attached hydrogen (secondary N) is 1. The molecule has 0 heterocycles. The minimum atomic E-state index is 0.727. The summed E-state index contributed by atoms with van der Waals surface area (Å²) in [5.74, 6) is 1.73. The summed E-state index contributed by atoms with van der Waals surface area (Å²) in [6, 6.07) is 21.5. The van der Waals surface area contributed by atoms with Gasteiger partial charge in [-0.15, -0.1) is 0 Å². The number of para-hydroxylation sites is 1. The Balaban J connectivity index is 1.63. The van der Waals surface area contributed by atoms with Gasteiger partial charge >= 0.3 is 0 Å². The minimum Gasteiger partial charge on any atom is -0.493 e. The summed E-state index contributed by atoms with van der Waals surface area (Å²) < 4.78 is 6.21. The van der Waals surface area contributed by atoms with Crippen LogP contribution in [0.1, 0.15) is 25.7 Å². The van der Waals surface area contributed by atoms with Crippen LogP contribution in [0.3, 0.4) is 0 Å². The summed E-state index contributed by atoms with van der Waals surface area (Å²) in [4.78, 5) is 0. The molecule has 3 aromatic carbocycles. The molecular weight excluding hydrogens is 306 g/mol. The highest BCUT2D eigenvalue weighted by molar-refractivity contribution is 5.90. The van der Waals surface area contributed by atoms with Gasteiger partial charge in [0.1, 0.15) is 5.75 Å². The van der Waals surface area contributed by atoms with Crippen LogP contribution in [0.15, 0.2) is 60.7 Å². The number of hydrogen-bond donors (Lipinski definition) is 1. The number of rotatable bonds is 5. The van der Waals surface area contributed by atoms with Gasteiger partial charge in [0.05, 0.1) is 6.61 Å². The zero-order chi connectivity index (χ0) is 17.1. The first-order valence-electron chi connectivity index (χ1n) is 9.27. The van der Waals surface area contributed by atoms with Crippen molar-refractivity contribution in [3.05, 3.63) is 60.7 Å². The van der Waals surface area contributed by atoms with E-state index < -0.39 is 0 Å². The largest absolute Gasteiger partial charge is 0.493 e. The molecule has 0 unspecified atom stereocenters. The zero-order valence-corrected chi connectivity index (χ0v) is 14.8. The third kappa shape index (κ3) is 3.48. The van der Waals surface area contributed by atoms with Crippen molar-refractivity contribution in [2.75, 3.05) is 19.0 Å². The standard InChI is InChI=1S/C23H25NO/c1-24-21-13-12-18-14-20(11-10-19(18)15-21)22-8-4-5-9-23(22)25-16-17-6-2-3-7-17/h4-5,8-15,17,24H,2-3,6-7,16H2,1H3. The molecule has 4 rings (SSSR count). The Bertz CT molecular complexity index is 865. The monoisotopic (exact) mass is 331 g/mol. The van der Waals surface area contributed by atoms with Gasteiger partial charge in [-0.05, 0) is 59.4 Å². The molecule has 1 aliphatic carbocycles. The second kappa shape index (κ2) is 7.18. The van der Waals surface area contributed by atoms with Crippen LogP contribution in [-0.4, -0.2) is 13.7 Å². The predicted octanol–water partition coefficient (Wildman–Crippen LogP) is 6.12. The van der Waals surface area contributed by atoms with E-state index in [-0.39, 0.29) is 0 Å². The first kappa shape index (κ1) is 16.0. The van der Waals surface area contributed by atoms with E-state index in [2.05, 4.69) is 66.0 Å². The van der Waals surface area contributed by atoms with Gasteiger partial charge in [-0.1, -0.05) is 49.2 Å². The minimum absolute atomic E-state index is 0.727. The Kier molecular flexibility index (Phi) is 4.60. The number of benzene rings is 3. The molecule has 3 aromatic rings. The molecule has 0 bridgehead atoms. The summed E-state index contributed by atoms with van der Waals surface area (Å²) in [5, 5.41) is 5.70. The average molecular weight is 331 g/mol. The van der Waals surface area contributed by atoms with Gasteiger partial charge in [-0.2, -0.15) is 0 Å². The molecule has 2 nitrogen and oxygen atoms in total. The highest BCUT2D eigenvalue weighted by Gasteiger charge is 2.16. The molecule has 2 heteroatoms. The van der Waals surface area contributed by atoms with E-state index >= 15 is 0 Å². The molecule has 0 aliphatic heterocycles. The summed E-state index contributed by atoms with van der Waals surface area (Å²) >= 11 is 0. The van der Waals surface area contributed by atoms with Crippen molar-refractivity contribution in [3.63, 3.8) is 0 Å². The maximum atomic E-state index is 6.21. The van der Waals surface area contributed by atoms with E-state index in [9.17, 15) is 0 Å². The van der Waals surface area contributed by atoms with Crippen molar-refractivity contribution in [2.24, 2.45) is 5.92 Å². The second-order valence-electron chi connectivity index (χ2n) is 6.98. The van der Waals surface area contributed by atoms with Crippen LogP contribution in [0.4, 0.5) is 5.69 Å². The van der Waals surface area contributed by atoms with Crippen molar-refractivity contribution >= 4 is 16.5 Å². The third-order valence-electron chi connectivity index (χ3n) is 5.28. The molecule has 128 valence electrons. The quantitative estimate of drug-likeness (QED) is 0.608. The Morgan fingerprint density at radius 1 is 0.920 bits per heavy atom. The van der Waals surface area contributed by atoms with Crippen LogP contribution < -0.4 is 10.1 Å². The van der Waals surface area contributed by atoms with Gasteiger partial charge in [0, 0.05) is 18.3 Å². The molecule has 0 aromatic heterocycles. The lowest BCUT2D eigenvalue weighted by atomic mass is 10.00. The fourth-order valence-electron chi connectivity index (χ4n) is 3.78. The lowest BCUT2D eigenvalue weighted by Crippen LogP contribution is -2.08. The molecule has 0 atom stereocenters. The normalized spacial score (nSPS) is 14.8. The van der Waals surface area contributed by atoms with E-state index in [4.69, 9.17) is 4.74 Å². The van der Waals surface area contributed by atoms with Gasteiger partial charge < -0.3 is 10.1 Å². The summed E-state index contributed by atoms with van der Waals surface area (Å²) in [5.41, 5.74) is 3.53. The van der Waals surface area contributed by atoms with Gasteiger partial charge in [-0.25, -0.2) is 0 Å². The predicted molar refractivity (Wildman–Crippen MR) is 106 cm³/mol. The van der Waals surface area contributed by atoms with Gasteiger partial charge in [0.25, 0.3) is 0 Å². The first-order chi connectivity index (χ1) is 12.3. The highest BCUT2D eigenvalue weighted by Crippen LogP contribution is 2.34. The lowest BCUT2D eigenvalue weighted by Gasteiger charge is -2.15. The van der Waals surface area contributed by atoms with Crippen molar-refractivity contribution in [1.29, 1.82) is 0 Å². The average Bonchev–Trinajstić information content (AvgIpc) is 3.19. The third-order valence-corrected chi connectivity index (χ3v) is 5.28. The Hall–Kier alpha value is -2.48. The Labute approximate surface area is 149 Å². The second-order valence-corrected chi connectivity index (χ2v) is 6.98. The molecule has 0 radical (unpaired) electrons. The van der Waals surface area contributed by atoms with Crippen LogP contribution in [-0.2, 0) is 0 Å². The molecule has 0 spiro atoms.